The molecule has 232 valence electrons. The molecule has 1 aliphatic carbocycles. The Balaban J connectivity index is 1.32. The first-order valence-electron chi connectivity index (χ1n) is 17.0. The van der Waals surface area contributed by atoms with Crippen molar-refractivity contribution in [3.8, 4) is 22.3 Å². The van der Waals surface area contributed by atoms with Crippen LogP contribution in [-0.2, 0) is 5.41 Å². The first-order valence-corrected chi connectivity index (χ1v) is 17.0. The molecule has 0 radical (unpaired) electrons. The number of fused-ring (bicyclic) bond motifs is 9. The standard InChI is InChI=1S/C47H33NO/c1-47(2)39-19-11-10-18-37(39)38-24-23-35(29-40(38)47)48(34-22-20-30-12-6-7-16-33(30)28-34)41-25-27-43-46(44(41)32-14-4-3-5-15-32)45-36-17-9-8-13-31(36)21-26-42(45)49-43/h3-29H,1-2H3. The molecule has 2 heteroatoms. The molecule has 0 fully saturated rings. The summed E-state index contributed by atoms with van der Waals surface area (Å²) in [4.78, 5) is 2.46. The summed E-state index contributed by atoms with van der Waals surface area (Å²) in [6, 6.07) is 59.5. The van der Waals surface area contributed by atoms with Crippen molar-refractivity contribution >= 4 is 60.5 Å². The van der Waals surface area contributed by atoms with Crippen molar-refractivity contribution < 1.29 is 4.42 Å². The smallest absolute Gasteiger partial charge is 0.136 e. The highest BCUT2D eigenvalue weighted by molar-refractivity contribution is 6.24. The van der Waals surface area contributed by atoms with Crippen LogP contribution in [0.1, 0.15) is 25.0 Å². The van der Waals surface area contributed by atoms with Crippen molar-refractivity contribution in [3.05, 3.63) is 175 Å². The molecule has 0 amide bonds. The van der Waals surface area contributed by atoms with Crippen LogP contribution in [0.3, 0.4) is 0 Å². The Labute approximate surface area is 285 Å². The summed E-state index contributed by atoms with van der Waals surface area (Å²) in [6.07, 6.45) is 0. The summed E-state index contributed by atoms with van der Waals surface area (Å²) >= 11 is 0. The minimum absolute atomic E-state index is 0.122. The second kappa shape index (κ2) is 10.4. The van der Waals surface area contributed by atoms with Gasteiger partial charge in [-0.1, -0.05) is 135 Å². The zero-order valence-electron chi connectivity index (χ0n) is 27.4. The largest absolute Gasteiger partial charge is 0.456 e. The minimum Gasteiger partial charge on any atom is -0.456 e. The minimum atomic E-state index is -0.122. The first-order chi connectivity index (χ1) is 24.1. The number of hydrogen-bond acceptors (Lipinski definition) is 2. The van der Waals surface area contributed by atoms with Gasteiger partial charge in [0.1, 0.15) is 11.2 Å². The molecule has 0 atom stereocenters. The zero-order chi connectivity index (χ0) is 32.7. The van der Waals surface area contributed by atoms with E-state index in [0.29, 0.717) is 0 Å². The molecule has 0 unspecified atom stereocenters. The van der Waals surface area contributed by atoms with Crippen molar-refractivity contribution in [2.75, 3.05) is 4.90 Å². The number of hydrogen-bond donors (Lipinski definition) is 0. The van der Waals surface area contributed by atoms with E-state index in [2.05, 4.69) is 183 Å². The number of anilines is 3. The fourth-order valence-corrected chi connectivity index (χ4v) is 8.28. The number of furan rings is 1. The molecule has 1 aromatic heterocycles. The van der Waals surface area contributed by atoms with E-state index >= 15 is 0 Å². The third kappa shape index (κ3) is 4.14. The Morgan fingerprint density at radius 3 is 1.98 bits per heavy atom. The number of benzene rings is 8. The highest BCUT2D eigenvalue weighted by Gasteiger charge is 2.36. The maximum Gasteiger partial charge on any atom is 0.136 e. The molecular formula is C47H33NO. The van der Waals surface area contributed by atoms with Crippen LogP contribution >= 0.6 is 0 Å². The topological polar surface area (TPSA) is 16.4 Å². The quantitative estimate of drug-likeness (QED) is 0.193. The summed E-state index contributed by atoms with van der Waals surface area (Å²) in [5, 5.41) is 7.12. The Kier molecular flexibility index (Phi) is 5.95. The van der Waals surface area contributed by atoms with E-state index in [0.717, 1.165) is 50.1 Å². The van der Waals surface area contributed by atoms with Gasteiger partial charge in [0.05, 0.1) is 5.69 Å². The second-order valence-corrected chi connectivity index (χ2v) is 13.7. The average Bonchev–Trinajstić information content (AvgIpc) is 3.64. The third-order valence-electron chi connectivity index (χ3n) is 10.6. The number of rotatable bonds is 4. The van der Waals surface area contributed by atoms with E-state index in [1.165, 1.54) is 43.8 Å². The molecule has 0 N–H and O–H groups in total. The van der Waals surface area contributed by atoms with Gasteiger partial charge < -0.3 is 9.32 Å². The van der Waals surface area contributed by atoms with Gasteiger partial charge in [0.25, 0.3) is 0 Å². The monoisotopic (exact) mass is 627 g/mol. The molecular weight excluding hydrogens is 595 g/mol. The van der Waals surface area contributed by atoms with E-state index in [4.69, 9.17) is 4.42 Å². The van der Waals surface area contributed by atoms with Gasteiger partial charge in [-0.05, 0) is 91.8 Å². The Hall–Kier alpha value is -6.12. The zero-order valence-corrected chi connectivity index (χ0v) is 27.4. The van der Waals surface area contributed by atoms with E-state index in [-0.39, 0.29) is 5.41 Å². The molecule has 10 rings (SSSR count). The van der Waals surface area contributed by atoms with E-state index < -0.39 is 0 Å². The van der Waals surface area contributed by atoms with Gasteiger partial charge in [0, 0.05) is 33.1 Å². The van der Waals surface area contributed by atoms with Crippen LogP contribution in [0.25, 0.3) is 65.7 Å². The Morgan fingerprint density at radius 1 is 0.469 bits per heavy atom. The SMILES string of the molecule is CC1(C)c2ccccc2-c2ccc(N(c3ccc4ccccc4c3)c3ccc4oc5ccc6ccccc6c5c4c3-c3ccccc3)cc21. The molecule has 2 nitrogen and oxygen atoms in total. The molecule has 1 aliphatic rings. The average molecular weight is 628 g/mol. The van der Waals surface area contributed by atoms with Crippen molar-refractivity contribution in [3.63, 3.8) is 0 Å². The van der Waals surface area contributed by atoms with Crippen LogP contribution in [0.5, 0.6) is 0 Å². The van der Waals surface area contributed by atoms with Gasteiger partial charge >= 0.3 is 0 Å². The van der Waals surface area contributed by atoms with Gasteiger partial charge in [0.2, 0.25) is 0 Å². The lowest BCUT2D eigenvalue weighted by Gasteiger charge is -2.30. The lowest BCUT2D eigenvalue weighted by molar-refractivity contribution is 0.660. The second-order valence-electron chi connectivity index (χ2n) is 13.7. The van der Waals surface area contributed by atoms with Crippen molar-refractivity contribution in [1.29, 1.82) is 0 Å². The maximum atomic E-state index is 6.63. The molecule has 1 heterocycles. The highest BCUT2D eigenvalue weighted by Crippen LogP contribution is 2.52. The predicted molar refractivity (Wildman–Crippen MR) is 206 cm³/mol. The molecule has 0 spiro atoms. The van der Waals surface area contributed by atoms with Crippen LogP contribution in [0.15, 0.2) is 168 Å². The van der Waals surface area contributed by atoms with Gasteiger partial charge in [-0.25, -0.2) is 0 Å². The van der Waals surface area contributed by atoms with Crippen LogP contribution in [0.4, 0.5) is 17.1 Å². The lowest BCUT2D eigenvalue weighted by atomic mass is 9.82. The molecule has 49 heavy (non-hydrogen) atoms. The van der Waals surface area contributed by atoms with E-state index in [9.17, 15) is 0 Å². The van der Waals surface area contributed by atoms with Crippen LogP contribution < -0.4 is 4.90 Å². The molecule has 0 saturated heterocycles. The summed E-state index contributed by atoms with van der Waals surface area (Å²) in [5.74, 6) is 0. The van der Waals surface area contributed by atoms with E-state index in [1.54, 1.807) is 0 Å². The van der Waals surface area contributed by atoms with Gasteiger partial charge in [-0.2, -0.15) is 0 Å². The summed E-state index contributed by atoms with van der Waals surface area (Å²) in [6.45, 7) is 4.71. The Bertz CT molecular complexity index is 2750. The van der Waals surface area contributed by atoms with Crippen LogP contribution in [-0.4, -0.2) is 0 Å². The first kappa shape index (κ1) is 27.9. The molecule has 9 aromatic rings. The fourth-order valence-electron chi connectivity index (χ4n) is 8.28. The maximum absolute atomic E-state index is 6.63. The van der Waals surface area contributed by atoms with Crippen molar-refractivity contribution in [2.45, 2.75) is 19.3 Å². The lowest BCUT2D eigenvalue weighted by Crippen LogP contribution is -2.17. The normalized spacial score (nSPS) is 13.3. The van der Waals surface area contributed by atoms with E-state index in [1.807, 2.05) is 0 Å². The summed E-state index contributed by atoms with van der Waals surface area (Å²) in [7, 11) is 0. The van der Waals surface area contributed by atoms with Crippen LogP contribution in [0, 0.1) is 0 Å². The number of nitrogens with zero attached hydrogens (tertiary/aromatic N) is 1. The van der Waals surface area contributed by atoms with Gasteiger partial charge in [-0.3, -0.25) is 0 Å². The predicted octanol–water partition coefficient (Wildman–Crippen LogP) is 13.3. The molecule has 0 aliphatic heterocycles. The Morgan fingerprint density at radius 2 is 1.10 bits per heavy atom. The van der Waals surface area contributed by atoms with Crippen LogP contribution in [0.2, 0.25) is 0 Å². The van der Waals surface area contributed by atoms with Gasteiger partial charge in [0.15, 0.2) is 0 Å². The molecule has 0 saturated carbocycles. The summed E-state index contributed by atoms with van der Waals surface area (Å²) < 4.78 is 6.63. The molecule has 8 aromatic carbocycles. The molecule has 0 bridgehead atoms. The van der Waals surface area contributed by atoms with Gasteiger partial charge in [-0.15, -0.1) is 0 Å². The third-order valence-corrected chi connectivity index (χ3v) is 10.6. The van der Waals surface area contributed by atoms with Crippen molar-refractivity contribution in [1.82, 2.24) is 0 Å². The van der Waals surface area contributed by atoms with Crippen molar-refractivity contribution in [2.24, 2.45) is 0 Å². The summed E-state index contributed by atoms with van der Waals surface area (Å²) in [5.41, 5.74) is 12.7. The highest BCUT2D eigenvalue weighted by atomic mass is 16.3. The fraction of sp³-hybridized carbons (Fsp3) is 0.0638.